The van der Waals surface area contributed by atoms with Crippen LogP contribution in [0.2, 0.25) is 0 Å². The van der Waals surface area contributed by atoms with Crippen molar-refractivity contribution >= 4 is 57.7 Å². The molecule has 3 heterocycles. The zero-order valence-corrected chi connectivity index (χ0v) is 17.7. The Labute approximate surface area is 188 Å². The van der Waals surface area contributed by atoms with Crippen LogP contribution in [0.5, 0.6) is 0 Å². The smallest absolute Gasteiger partial charge is 0.352 e. The van der Waals surface area contributed by atoms with Gasteiger partial charge in [-0.25, -0.2) is 14.6 Å². The number of amides is 2. The van der Waals surface area contributed by atoms with E-state index in [9.17, 15) is 24.3 Å². The lowest BCUT2D eigenvalue weighted by atomic mass is 10.0. The number of carbonyl (C=O) groups excluding carboxylic acids is 2. The zero-order valence-electron chi connectivity index (χ0n) is 16.0. The number of carbonyl (C=O) groups is 4. The Morgan fingerprint density at radius 2 is 2.22 bits per heavy atom. The molecule has 2 aliphatic rings. The summed E-state index contributed by atoms with van der Waals surface area (Å²) in [5.74, 6) is -1.58. The lowest BCUT2D eigenvalue weighted by Crippen LogP contribution is -2.71. The molecule has 0 bridgehead atoms. The summed E-state index contributed by atoms with van der Waals surface area (Å²) in [4.78, 5) is 57.5. The number of allylic oxidation sites excluding steroid dienone is 2. The predicted octanol–water partition coefficient (Wildman–Crippen LogP) is -0.541. The Morgan fingerprint density at radius 1 is 1.47 bits per heavy atom. The largest absolute Gasteiger partial charge is 0.479 e. The van der Waals surface area contributed by atoms with Gasteiger partial charge >= 0.3 is 11.9 Å². The number of nitrogen functional groups attached to an aromatic ring is 1. The third kappa shape index (κ3) is 4.58. The molecule has 0 radical (unpaired) electrons. The molecule has 0 aromatic carbocycles. The number of hydrogen-bond acceptors (Lipinski definition) is 10. The highest BCUT2D eigenvalue weighted by Crippen LogP contribution is 2.40. The van der Waals surface area contributed by atoms with Crippen LogP contribution in [0.1, 0.15) is 5.69 Å². The number of aliphatic carboxylic acids is 2. The van der Waals surface area contributed by atoms with Crippen molar-refractivity contribution in [3.8, 4) is 12.3 Å². The van der Waals surface area contributed by atoms with Gasteiger partial charge in [-0.1, -0.05) is 11.1 Å². The molecule has 1 aromatic rings. The molecule has 2 amide bonds. The van der Waals surface area contributed by atoms with Crippen molar-refractivity contribution in [2.45, 2.75) is 11.4 Å². The number of terminal acetylenes is 1. The maximum Gasteiger partial charge on any atom is 0.352 e. The summed E-state index contributed by atoms with van der Waals surface area (Å²) < 4.78 is 0. The zero-order chi connectivity index (χ0) is 23.4. The summed E-state index contributed by atoms with van der Waals surface area (Å²) >= 11 is 2.27. The molecule has 3 rings (SSSR count). The van der Waals surface area contributed by atoms with E-state index in [1.807, 2.05) is 0 Å². The van der Waals surface area contributed by atoms with Crippen molar-refractivity contribution in [1.29, 1.82) is 0 Å². The lowest BCUT2D eigenvalue weighted by Gasteiger charge is -2.49. The maximum atomic E-state index is 12.8. The van der Waals surface area contributed by atoms with Crippen molar-refractivity contribution in [3.05, 3.63) is 34.5 Å². The van der Waals surface area contributed by atoms with Crippen LogP contribution in [-0.4, -0.2) is 73.3 Å². The number of β-lactam (4-membered cyclic amide) rings is 1. The number of thioether (sulfide) groups is 1. The standard InChI is InChI=1S/C18H15N5O7S2/c1-2-3-4-8-6-31-16-12(15(27)23(16)13(8)17(28)29)21-14(26)11(22-30-5-10(24)25)9-7-32-18(19)20-9/h1,3-4,7,12,16H,5-6H2,(H2,19,20)(H,21,26)(H,24,25)(H,28,29)/b4-3+,22-11-/t12-,16-/m1/s1. The fourth-order valence-corrected chi connectivity index (χ4v) is 4.75. The number of thiazole rings is 1. The molecule has 32 heavy (non-hydrogen) atoms. The van der Waals surface area contributed by atoms with Gasteiger partial charge in [0.25, 0.3) is 11.8 Å². The van der Waals surface area contributed by atoms with Crippen molar-refractivity contribution in [3.63, 3.8) is 0 Å². The Kier molecular flexibility index (Phi) is 6.81. The molecule has 1 fully saturated rings. The first kappa shape index (κ1) is 22.8. The van der Waals surface area contributed by atoms with Gasteiger partial charge in [0.05, 0.1) is 0 Å². The van der Waals surface area contributed by atoms with Crippen molar-refractivity contribution < 1.29 is 34.2 Å². The Hall–Kier alpha value is -3.83. The van der Waals surface area contributed by atoms with E-state index in [2.05, 4.69) is 26.2 Å². The fourth-order valence-electron chi connectivity index (χ4n) is 2.88. The van der Waals surface area contributed by atoms with Crippen LogP contribution in [0.4, 0.5) is 5.13 Å². The topological polar surface area (TPSA) is 185 Å². The normalized spacial score (nSPS) is 20.4. The average Bonchev–Trinajstić information content (AvgIpc) is 3.17. The van der Waals surface area contributed by atoms with E-state index >= 15 is 0 Å². The van der Waals surface area contributed by atoms with Gasteiger partial charge in [-0.3, -0.25) is 14.5 Å². The predicted molar refractivity (Wildman–Crippen MR) is 114 cm³/mol. The molecule has 166 valence electrons. The third-order valence-electron chi connectivity index (χ3n) is 4.19. The highest BCUT2D eigenvalue weighted by atomic mass is 32.2. The quantitative estimate of drug-likeness (QED) is 0.164. The molecular weight excluding hydrogens is 462 g/mol. The molecule has 1 saturated heterocycles. The van der Waals surface area contributed by atoms with E-state index in [-0.39, 0.29) is 28.0 Å². The van der Waals surface area contributed by atoms with E-state index < -0.39 is 41.8 Å². The SMILES string of the molecule is C#C/C=C/C1=C(C(=O)O)N2C(=O)[C@@H](NC(=O)/C(=N\OCC(=O)O)c3csc(N)n3)[C@H]2SC1. The van der Waals surface area contributed by atoms with Crippen LogP contribution in [0, 0.1) is 12.3 Å². The molecule has 5 N–H and O–H groups in total. The molecule has 0 aliphatic carbocycles. The second-order valence-corrected chi connectivity index (χ2v) is 8.21. The van der Waals surface area contributed by atoms with Gasteiger partial charge in [-0.2, -0.15) is 0 Å². The number of hydrogen-bond donors (Lipinski definition) is 4. The van der Waals surface area contributed by atoms with Gasteiger partial charge in [0.2, 0.25) is 6.61 Å². The number of nitrogens with one attached hydrogen (secondary N) is 1. The van der Waals surface area contributed by atoms with Crippen LogP contribution < -0.4 is 11.1 Å². The summed E-state index contributed by atoms with van der Waals surface area (Å²) in [5, 5.41) is 25.1. The molecule has 14 heteroatoms. The van der Waals surface area contributed by atoms with E-state index in [0.717, 1.165) is 16.2 Å². The van der Waals surface area contributed by atoms with Crippen molar-refractivity contribution in [2.24, 2.45) is 5.16 Å². The van der Waals surface area contributed by atoms with E-state index in [1.165, 1.54) is 29.3 Å². The minimum Gasteiger partial charge on any atom is -0.479 e. The number of anilines is 1. The number of oxime groups is 1. The van der Waals surface area contributed by atoms with Gasteiger partial charge in [-0.15, -0.1) is 29.5 Å². The van der Waals surface area contributed by atoms with Crippen molar-refractivity contribution in [2.75, 3.05) is 18.1 Å². The first-order chi connectivity index (χ1) is 15.2. The summed E-state index contributed by atoms with van der Waals surface area (Å²) in [6.07, 6.45) is 7.95. The van der Waals surface area contributed by atoms with E-state index in [4.69, 9.17) is 17.3 Å². The van der Waals surface area contributed by atoms with Gasteiger partial charge in [0, 0.05) is 11.1 Å². The van der Waals surface area contributed by atoms with E-state index in [0.29, 0.717) is 5.57 Å². The monoisotopic (exact) mass is 477 g/mol. The number of rotatable bonds is 8. The number of nitrogens with zero attached hydrogens (tertiary/aromatic N) is 3. The molecule has 1 aromatic heterocycles. The highest BCUT2D eigenvalue weighted by Gasteiger charge is 2.54. The average molecular weight is 477 g/mol. The van der Waals surface area contributed by atoms with Gasteiger partial charge in [0.15, 0.2) is 10.8 Å². The second-order valence-electron chi connectivity index (χ2n) is 6.22. The highest BCUT2D eigenvalue weighted by molar-refractivity contribution is 8.00. The molecular formula is C18H15N5O7S2. The molecule has 12 nitrogen and oxygen atoms in total. The van der Waals surface area contributed by atoms with Gasteiger partial charge in [-0.05, 0) is 17.7 Å². The van der Waals surface area contributed by atoms with Gasteiger partial charge in [0.1, 0.15) is 22.8 Å². The van der Waals surface area contributed by atoms with Crippen LogP contribution >= 0.6 is 23.1 Å². The number of aromatic nitrogens is 1. The molecule has 0 unspecified atom stereocenters. The summed E-state index contributed by atoms with van der Waals surface area (Å²) in [7, 11) is 0. The molecule has 2 atom stereocenters. The minimum absolute atomic E-state index is 0.0307. The summed E-state index contributed by atoms with van der Waals surface area (Å²) in [6, 6.07) is -1.04. The maximum absolute atomic E-state index is 12.8. The lowest BCUT2D eigenvalue weighted by molar-refractivity contribution is -0.150. The Bertz CT molecular complexity index is 1120. The van der Waals surface area contributed by atoms with Gasteiger partial charge < -0.3 is 26.1 Å². The number of carboxylic acid groups (broad SMARTS) is 2. The van der Waals surface area contributed by atoms with Crippen LogP contribution in [0.25, 0.3) is 0 Å². The van der Waals surface area contributed by atoms with Crippen LogP contribution in [0.15, 0.2) is 34.0 Å². The van der Waals surface area contributed by atoms with Crippen LogP contribution in [0.3, 0.4) is 0 Å². The fraction of sp³-hybridized carbons (Fsp3) is 0.222. The molecule has 2 aliphatic heterocycles. The third-order valence-corrected chi connectivity index (χ3v) is 6.17. The first-order valence-corrected chi connectivity index (χ1v) is 10.6. The Morgan fingerprint density at radius 3 is 2.81 bits per heavy atom. The van der Waals surface area contributed by atoms with E-state index in [1.54, 1.807) is 0 Å². The summed E-state index contributed by atoms with van der Waals surface area (Å²) in [6.45, 7) is -0.800. The number of carboxylic acids is 2. The Balaban J connectivity index is 1.81. The number of fused-ring (bicyclic) bond motifs is 1. The first-order valence-electron chi connectivity index (χ1n) is 8.72. The van der Waals surface area contributed by atoms with Crippen LogP contribution in [-0.2, 0) is 24.0 Å². The number of nitrogens with two attached hydrogens (primary N) is 1. The van der Waals surface area contributed by atoms with Crippen molar-refractivity contribution in [1.82, 2.24) is 15.2 Å². The summed E-state index contributed by atoms with van der Waals surface area (Å²) in [5.41, 5.74) is 5.40. The molecule has 0 saturated carbocycles. The molecule has 0 spiro atoms. The minimum atomic E-state index is -1.31. The second kappa shape index (κ2) is 9.54.